The summed E-state index contributed by atoms with van der Waals surface area (Å²) in [6.07, 6.45) is 1.68. The number of nitrogens with zero attached hydrogens (tertiary/aromatic N) is 3. The number of carbonyl (C=O) groups excluding carboxylic acids is 2. The van der Waals surface area contributed by atoms with E-state index >= 15 is 0 Å². The maximum Gasteiger partial charge on any atom is 0.259 e. The van der Waals surface area contributed by atoms with E-state index in [1.165, 1.54) is 16.9 Å². The lowest BCUT2D eigenvalue weighted by molar-refractivity contribution is -0.117. The highest BCUT2D eigenvalue weighted by atomic mass is 19.1. The van der Waals surface area contributed by atoms with Gasteiger partial charge in [0.2, 0.25) is 5.91 Å². The van der Waals surface area contributed by atoms with Crippen LogP contribution in [0.5, 0.6) is 0 Å². The molecule has 0 saturated carbocycles. The SMILES string of the molecule is CCN(C(=O)Cc1ccc(NC(=O)c2cnn(-c3ccccc3F)c2C)cc1)c1ccccc1. The molecule has 172 valence electrons. The van der Waals surface area contributed by atoms with Crippen LogP contribution in [-0.4, -0.2) is 28.1 Å². The summed E-state index contributed by atoms with van der Waals surface area (Å²) in [5.74, 6) is -0.758. The number of hydrogen-bond donors (Lipinski definition) is 1. The molecule has 0 atom stereocenters. The molecule has 0 aliphatic carbocycles. The van der Waals surface area contributed by atoms with Crippen LogP contribution in [0.2, 0.25) is 0 Å². The molecule has 1 aromatic heterocycles. The summed E-state index contributed by atoms with van der Waals surface area (Å²) in [6, 6.07) is 23.0. The van der Waals surface area contributed by atoms with Gasteiger partial charge in [-0.3, -0.25) is 9.59 Å². The van der Waals surface area contributed by atoms with Gasteiger partial charge in [-0.15, -0.1) is 0 Å². The maximum absolute atomic E-state index is 14.1. The highest BCUT2D eigenvalue weighted by Crippen LogP contribution is 2.20. The van der Waals surface area contributed by atoms with Gasteiger partial charge < -0.3 is 10.2 Å². The number of likely N-dealkylation sites (N-methyl/N-ethyl adjacent to an activating group) is 1. The Kier molecular flexibility index (Phi) is 6.82. The molecular formula is C27H25FN4O2. The smallest absolute Gasteiger partial charge is 0.259 e. The molecule has 7 heteroatoms. The fourth-order valence-corrected chi connectivity index (χ4v) is 3.78. The van der Waals surface area contributed by atoms with Crippen molar-refractivity contribution in [1.82, 2.24) is 9.78 Å². The molecule has 0 aliphatic rings. The summed E-state index contributed by atoms with van der Waals surface area (Å²) in [7, 11) is 0. The van der Waals surface area contributed by atoms with Crippen molar-refractivity contribution in [3.8, 4) is 5.69 Å². The molecule has 4 aromatic rings. The Morgan fingerprint density at radius 2 is 1.65 bits per heavy atom. The van der Waals surface area contributed by atoms with Crippen LogP contribution in [-0.2, 0) is 11.2 Å². The molecule has 0 spiro atoms. The van der Waals surface area contributed by atoms with E-state index < -0.39 is 5.82 Å². The van der Waals surface area contributed by atoms with E-state index in [1.807, 2.05) is 49.4 Å². The number of rotatable bonds is 7. The van der Waals surface area contributed by atoms with Gasteiger partial charge in [0, 0.05) is 17.9 Å². The van der Waals surface area contributed by atoms with Gasteiger partial charge in [-0.05, 0) is 55.8 Å². The Hall–Kier alpha value is -4.26. The van der Waals surface area contributed by atoms with Crippen molar-refractivity contribution in [2.45, 2.75) is 20.3 Å². The van der Waals surface area contributed by atoms with E-state index in [0.717, 1.165) is 11.3 Å². The average molecular weight is 457 g/mol. The van der Waals surface area contributed by atoms with Crippen molar-refractivity contribution in [3.63, 3.8) is 0 Å². The number of carbonyl (C=O) groups is 2. The standard InChI is InChI=1S/C27H25FN4O2/c1-3-31(22-9-5-4-6-10-22)26(33)17-20-13-15-21(16-14-20)30-27(34)23-18-29-32(19(23)2)25-12-8-7-11-24(25)28/h4-16,18H,3,17H2,1-2H3,(H,30,34). The fraction of sp³-hybridized carbons (Fsp3) is 0.148. The summed E-state index contributed by atoms with van der Waals surface area (Å²) in [4.78, 5) is 27.3. The third-order valence-corrected chi connectivity index (χ3v) is 5.59. The van der Waals surface area contributed by atoms with Gasteiger partial charge in [0.05, 0.1) is 23.9 Å². The van der Waals surface area contributed by atoms with E-state index in [9.17, 15) is 14.0 Å². The van der Waals surface area contributed by atoms with Crippen molar-refractivity contribution < 1.29 is 14.0 Å². The van der Waals surface area contributed by atoms with Crippen LogP contribution in [0.25, 0.3) is 5.69 Å². The third-order valence-electron chi connectivity index (χ3n) is 5.59. The number of nitrogens with one attached hydrogen (secondary N) is 1. The minimum atomic E-state index is -0.417. The first kappa shape index (κ1) is 22.9. The zero-order valence-corrected chi connectivity index (χ0v) is 19.0. The Bertz CT molecular complexity index is 1300. The molecule has 0 aliphatic heterocycles. The molecule has 0 radical (unpaired) electrons. The minimum Gasteiger partial charge on any atom is -0.322 e. The topological polar surface area (TPSA) is 67.2 Å². The number of hydrogen-bond acceptors (Lipinski definition) is 3. The van der Waals surface area contributed by atoms with Crippen molar-refractivity contribution in [2.24, 2.45) is 0 Å². The summed E-state index contributed by atoms with van der Waals surface area (Å²) in [5, 5.41) is 7.02. The summed E-state index contributed by atoms with van der Waals surface area (Å²) >= 11 is 0. The lowest BCUT2D eigenvalue weighted by atomic mass is 10.1. The van der Waals surface area contributed by atoms with Crippen LogP contribution >= 0.6 is 0 Å². The van der Waals surface area contributed by atoms with Gasteiger partial charge in [-0.1, -0.05) is 42.5 Å². The number of amides is 2. The number of aromatic nitrogens is 2. The molecule has 1 heterocycles. The molecule has 2 amide bonds. The van der Waals surface area contributed by atoms with Crippen LogP contribution in [0.4, 0.5) is 15.8 Å². The predicted octanol–water partition coefficient (Wildman–Crippen LogP) is 5.17. The second-order valence-corrected chi connectivity index (χ2v) is 7.81. The summed E-state index contributed by atoms with van der Waals surface area (Å²) in [5.41, 5.74) is 3.47. The molecule has 0 saturated heterocycles. The lowest BCUT2D eigenvalue weighted by Crippen LogP contribution is -2.31. The molecule has 0 unspecified atom stereocenters. The molecule has 0 fully saturated rings. The Morgan fingerprint density at radius 3 is 2.32 bits per heavy atom. The molecular weight excluding hydrogens is 431 g/mol. The van der Waals surface area contributed by atoms with Crippen molar-refractivity contribution in [3.05, 3.63) is 108 Å². The first-order valence-corrected chi connectivity index (χ1v) is 11.0. The second kappa shape index (κ2) is 10.1. The average Bonchev–Trinajstić information content (AvgIpc) is 3.23. The van der Waals surface area contributed by atoms with Crippen molar-refractivity contribution in [1.29, 1.82) is 0 Å². The first-order valence-electron chi connectivity index (χ1n) is 11.0. The van der Waals surface area contributed by atoms with Gasteiger partial charge in [0.25, 0.3) is 5.91 Å². The zero-order chi connectivity index (χ0) is 24.1. The highest BCUT2D eigenvalue weighted by molar-refractivity contribution is 6.05. The van der Waals surface area contributed by atoms with Crippen LogP contribution in [0, 0.1) is 12.7 Å². The normalized spacial score (nSPS) is 10.7. The molecule has 3 aromatic carbocycles. The molecule has 6 nitrogen and oxygen atoms in total. The van der Waals surface area contributed by atoms with Crippen LogP contribution in [0.3, 0.4) is 0 Å². The van der Waals surface area contributed by atoms with E-state index in [0.29, 0.717) is 23.5 Å². The Balaban J connectivity index is 1.43. The van der Waals surface area contributed by atoms with Crippen molar-refractivity contribution >= 4 is 23.2 Å². The van der Waals surface area contributed by atoms with Crippen LogP contribution < -0.4 is 10.2 Å². The zero-order valence-electron chi connectivity index (χ0n) is 19.0. The number of halogens is 1. The molecule has 4 rings (SSSR count). The number of anilines is 2. The van der Waals surface area contributed by atoms with Crippen LogP contribution in [0.15, 0.2) is 85.1 Å². The van der Waals surface area contributed by atoms with E-state index in [2.05, 4.69) is 10.4 Å². The fourth-order valence-electron chi connectivity index (χ4n) is 3.78. The van der Waals surface area contributed by atoms with E-state index in [4.69, 9.17) is 0 Å². The molecule has 34 heavy (non-hydrogen) atoms. The number of benzene rings is 3. The van der Waals surface area contributed by atoms with Crippen molar-refractivity contribution in [2.75, 3.05) is 16.8 Å². The summed E-state index contributed by atoms with van der Waals surface area (Å²) in [6.45, 7) is 4.24. The van der Waals surface area contributed by atoms with E-state index in [1.54, 1.807) is 42.2 Å². The summed E-state index contributed by atoms with van der Waals surface area (Å²) < 4.78 is 15.5. The predicted molar refractivity (Wildman–Crippen MR) is 131 cm³/mol. The first-order chi connectivity index (χ1) is 16.5. The van der Waals surface area contributed by atoms with E-state index in [-0.39, 0.29) is 23.9 Å². The van der Waals surface area contributed by atoms with Gasteiger partial charge in [0.15, 0.2) is 0 Å². The monoisotopic (exact) mass is 456 g/mol. The highest BCUT2D eigenvalue weighted by Gasteiger charge is 2.18. The lowest BCUT2D eigenvalue weighted by Gasteiger charge is -2.21. The Labute approximate surface area is 197 Å². The minimum absolute atomic E-state index is 0.00155. The van der Waals surface area contributed by atoms with Gasteiger partial charge >= 0.3 is 0 Å². The third kappa shape index (κ3) is 4.88. The largest absolute Gasteiger partial charge is 0.322 e. The van der Waals surface area contributed by atoms with Gasteiger partial charge in [-0.25, -0.2) is 9.07 Å². The molecule has 0 bridgehead atoms. The second-order valence-electron chi connectivity index (χ2n) is 7.81. The van der Waals surface area contributed by atoms with Gasteiger partial charge in [0.1, 0.15) is 11.5 Å². The maximum atomic E-state index is 14.1. The Morgan fingerprint density at radius 1 is 0.971 bits per heavy atom. The number of para-hydroxylation sites is 2. The van der Waals surface area contributed by atoms with Gasteiger partial charge in [-0.2, -0.15) is 5.10 Å². The molecule has 1 N–H and O–H groups in total. The van der Waals surface area contributed by atoms with Crippen LogP contribution in [0.1, 0.15) is 28.5 Å². The quantitative estimate of drug-likeness (QED) is 0.417.